The molecule has 0 fully saturated rings. The molecule has 5 nitrogen and oxygen atoms in total. The molecule has 6 heteroatoms. The fourth-order valence-corrected chi connectivity index (χ4v) is 1.80. The van der Waals surface area contributed by atoms with Gasteiger partial charge in [-0.3, -0.25) is 9.67 Å². The third-order valence-electron chi connectivity index (χ3n) is 2.17. The Morgan fingerprint density at radius 3 is 2.80 bits per heavy atom. The topological polar surface area (TPSA) is 59.6 Å². The summed E-state index contributed by atoms with van der Waals surface area (Å²) in [5.74, 6) is 1.36. The molecule has 80 valence electrons. The Labute approximate surface area is 92.1 Å². The first kappa shape index (κ1) is 10.1. The van der Waals surface area contributed by atoms with Crippen LogP contribution in [0, 0.1) is 11.7 Å². The van der Waals surface area contributed by atoms with Crippen LogP contribution >= 0.6 is 12.2 Å². The van der Waals surface area contributed by atoms with Gasteiger partial charge in [-0.05, 0) is 33.0 Å². The number of aromatic amines is 1. The summed E-state index contributed by atoms with van der Waals surface area (Å²) in [5.41, 5.74) is 0.811. The van der Waals surface area contributed by atoms with Gasteiger partial charge in [-0.25, -0.2) is 4.98 Å². The Balaban J connectivity index is 2.64. The average molecular weight is 224 g/mol. The molecule has 2 aromatic rings. The van der Waals surface area contributed by atoms with Gasteiger partial charge in [0.1, 0.15) is 0 Å². The zero-order valence-electron chi connectivity index (χ0n) is 8.81. The summed E-state index contributed by atoms with van der Waals surface area (Å²) in [5, 5.41) is 6.91. The third kappa shape index (κ3) is 1.61. The van der Waals surface area contributed by atoms with Crippen molar-refractivity contribution < 1.29 is 4.42 Å². The number of aryl methyl sites for hydroxylation is 1. The van der Waals surface area contributed by atoms with Gasteiger partial charge in [0.25, 0.3) is 0 Å². The largest absolute Gasteiger partial charge is 0.440 e. The Hall–Kier alpha value is -1.43. The second kappa shape index (κ2) is 3.62. The summed E-state index contributed by atoms with van der Waals surface area (Å²) in [6.07, 6.45) is 1.41. The highest BCUT2D eigenvalue weighted by Crippen LogP contribution is 2.23. The van der Waals surface area contributed by atoms with Gasteiger partial charge < -0.3 is 4.42 Å². The zero-order valence-corrected chi connectivity index (χ0v) is 9.63. The molecule has 0 aliphatic rings. The van der Waals surface area contributed by atoms with E-state index in [-0.39, 0.29) is 6.04 Å². The Morgan fingerprint density at radius 1 is 1.53 bits per heavy atom. The van der Waals surface area contributed by atoms with Gasteiger partial charge in [-0.1, -0.05) is 0 Å². The number of nitrogens with zero attached hydrogens (tertiary/aromatic N) is 3. The van der Waals surface area contributed by atoms with E-state index in [1.165, 1.54) is 6.39 Å². The molecule has 0 bridgehead atoms. The average Bonchev–Trinajstić information content (AvgIpc) is 2.71. The van der Waals surface area contributed by atoms with Gasteiger partial charge in [0.15, 0.2) is 16.9 Å². The number of oxazole rings is 1. The SMILES string of the molecule is Cc1ncoc1-c1n[nH]c(=S)n1C(C)C. The fraction of sp³-hybridized carbons (Fsp3) is 0.444. The highest BCUT2D eigenvalue weighted by Gasteiger charge is 2.16. The Kier molecular flexibility index (Phi) is 2.44. The standard InChI is InChI=1S/C9H12N4OS/c1-5(2)13-8(11-12-9(13)15)7-6(3)10-4-14-7/h4-5H,1-3H3,(H,12,15). The van der Waals surface area contributed by atoms with Crippen LogP contribution in [0.1, 0.15) is 25.6 Å². The molecule has 0 radical (unpaired) electrons. The maximum atomic E-state index is 5.29. The van der Waals surface area contributed by atoms with E-state index in [0.717, 1.165) is 5.69 Å². The highest BCUT2D eigenvalue weighted by atomic mass is 32.1. The van der Waals surface area contributed by atoms with Crippen LogP contribution in [0.3, 0.4) is 0 Å². The van der Waals surface area contributed by atoms with E-state index in [1.807, 2.05) is 25.3 Å². The van der Waals surface area contributed by atoms with Crippen LogP contribution in [0.4, 0.5) is 0 Å². The van der Waals surface area contributed by atoms with Crippen molar-refractivity contribution >= 4 is 12.2 Å². The molecule has 0 saturated heterocycles. The molecule has 0 amide bonds. The van der Waals surface area contributed by atoms with Crippen molar-refractivity contribution in [1.29, 1.82) is 0 Å². The minimum Gasteiger partial charge on any atom is -0.440 e. The molecule has 0 aliphatic carbocycles. The minimum absolute atomic E-state index is 0.232. The molecule has 0 atom stereocenters. The molecular formula is C9H12N4OS. The number of nitrogens with one attached hydrogen (secondary N) is 1. The normalized spacial score (nSPS) is 11.2. The van der Waals surface area contributed by atoms with Crippen molar-refractivity contribution in [3.05, 3.63) is 16.9 Å². The van der Waals surface area contributed by atoms with Crippen molar-refractivity contribution in [3.8, 4) is 11.6 Å². The first-order valence-corrected chi connectivity index (χ1v) is 5.09. The monoisotopic (exact) mass is 224 g/mol. The molecule has 2 aromatic heterocycles. The Morgan fingerprint density at radius 2 is 2.27 bits per heavy atom. The maximum absolute atomic E-state index is 5.29. The van der Waals surface area contributed by atoms with Crippen LogP contribution in [0.25, 0.3) is 11.6 Å². The Bertz CT molecular complexity index is 522. The fourth-order valence-electron chi connectivity index (χ4n) is 1.46. The summed E-state index contributed by atoms with van der Waals surface area (Å²) >= 11 is 5.15. The molecule has 0 aromatic carbocycles. The molecule has 15 heavy (non-hydrogen) atoms. The molecule has 2 rings (SSSR count). The third-order valence-corrected chi connectivity index (χ3v) is 2.46. The highest BCUT2D eigenvalue weighted by molar-refractivity contribution is 7.71. The van der Waals surface area contributed by atoms with Gasteiger partial charge in [0.2, 0.25) is 5.82 Å². The van der Waals surface area contributed by atoms with E-state index in [4.69, 9.17) is 16.6 Å². The van der Waals surface area contributed by atoms with Crippen LogP contribution < -0.4 is 0 Å². The van der Waals surface area contributed by atoms with Gasteiger partial charge in [0.05, 0.1) is 5.69 Å². The molecule has 0 spiro atoms. The van der Waals surface area contributed by atoms with Gasteiger partial charge in [0, 0.05) is 6.04 Å². The van der Waals surface area contributed by atoms with E-state index < -0.39 is 0 Å². The van der Waals surface area contributed by atoms with E-state index in [9.17, 15) is 0 Å². The summed E-state index contributed by atoms with van der Waals surface area (Å²) in [6.45, 7) is 5.96. The summed E-state index contributed by atoms with van der Waals surface area (Å²) in [7, 11) is 0. The van der Waals surface area contributed by atoms with Gasteiger partial charge in [-0.2, -0.15) is 5.10 Å². The van der Waals surface area contributed by atoms with Crippen LogP contribution in [-0.2, 0) is 0 Å². The van der Waals surface area contributed by atoms with E-state index in [1.54, 1.807) is 0 Å². The summed E-state index contributed by atoms with van der Waals surface area (Å²) in [4.78, 5) is 4.03. The van der Waals surface area contributed by atoms with Gasteiger partial charge >= 0.3 is 0 Å². The lowest BCUT2D eigenvalue weighted by Crippen LogP contribution is -2.03. The lowest BCUT2D eigenvalue weighted by Gasteiger charge is -2.08. The van der Waals surface area contributed by atoms with Crippen LogP contribution in [0.2, 0.25) is 0 Å². The predicted octanol–water partition coefficient (Wildman–Crippen LogP) is 2.49. The zero-order chi connectivity index (χ0) is 11.0. The molecule has 2 heterocycles. The first-order chi connectivity index (χ1) is 7.11. The summed E-state index contributed by atoms with van der Waals surface area (Å²) < 4.78 is 7.79. The van der Waals surface area contributed by atoms with Crippen molar-refractivity contribution in [2.45, 2.75) is 26.8 Å². The number of rotatable bonds is 2. The maximum Gasteiger partial charge on any atom is 0.200 e. The smallest absolute Gasteiger partial charge is 0.200 e. The molecular weight excluding hydrogens is 212 g/mol. The van der Waals surface area contributed by atoms with E-state index in [0.29, 0.717) is 16.4 Å². The molecule has 1 N–H and O–H groups in total. The number of hydrogen-bond acceptors (Lipinski definition) is 4. The van der Waals surface area contributed by atoms with Crippen molar-refractivity contribution in [3.63, 3.8) is 0 Å². The summed E-state index contributed by atoms with van der Waals surface area (Å²) in [6, 6.07) is 0.232. The van der Waals surface area contributed by atoms with Crippen LogP contribution in [0.5, 0.6) is 0 Å². The molecule has 0 unspecified atom stereocenters. The van der Waals surface area contributed by atoms with Crippen LogP contribution in [-0.4, -0.2) is 19.7 Å². The number of hydrogen-bond donors (Lipinski definition) is 1. The van der Waals surface area contributed by atoms with Crippen molar-refractivity contribution in [1.82, 2.24) is 19.7 Å². The van der Waals surface area contributed by atoms with Crippen molar-refractivity contribution in [2.75, 3.05) is 0 Å². The number of aromatic nitrogens is 4. The minimum atomic E-state index is 0.232. The second-order valence-corrected chi connectivity index (χ2v) is 3.97. The van der Waals surface area contributed by atoms with Crippen LogP contribution in [0.15, 0.2) is 10.8 Å². The lowest BCUT2D eigenvalue weighted by molar-refractivity contribution is 0.543. The van der Waals surface area contributed by atoms with E-state index >= 15 is 0 Å². The van der Waals surface area contributed by atoms with Gasteiger partial charge in [-0.15, -0.1) is 0 Å². The second-order valence-electron chi connectivity index (χ2n) is 3.58. The predicted molar refractivity (Wildman–Crippen MR) is 58.0 cm³/mol. The number of H-pyrrole nitrogens is 1. The van der Waals surface area contributed by atoms with E-state index in [2.05, 4.69) is 15.2 Å². The lowest BCUT2D eigenvalue weighted by atomic mass is 10.3. The van der Waals surface area contributed by atoms with Crippen molar-refractivity contribution in [2.24, 2.45) is 0 Å². The first-order valence-electron chi connectivity index (χ1n) is 4.68. The quantitative estimate of drug-likeness (QED) is 0.796. The molecule has 0 aliphatic heterocycles. The molecule has 0 saturated carbocycles.